The maximum absolute atomic E-state index is 12.4. The number of amides is 1. The number of hydrogen-bond donors (Lipinski definition) is 0. The molecule has 1 aliphatic rings. The maximum atomic E-state index is 12.4. The van der Waals surface area contributed by atoms with Gasteiger partial charge in [-0.05, 0) is 48.3 Å². The Morgan fingerprint density at radius 2 is 2.11 bits per heavy atom. The van der Waals surface area contributed by atoms with E-state index in [0.717, 1.165) is 25.9 Å². The van der Waals surface area contributed by atoms with E-state index in [1.54, 1.807) is 6.07 Å². The maximum Gasteiger partial charge on any atom is 0.258 e. The van der Waals surface area contributed by atoms with Gasteiger partial charge in [0.1, 0.15) is 0 Å². The van der Waals surface area contributed by atoms with E-state index in [2.05, 4.69) is 20.8 Å². The van der Waals surface area contributed by atoms with Gasteiger partial charge in [0.25, 0.3) is 5.91 Å². The fraction of sp³-hybridized carbons (Fsp3) is 0.667. The Morgan fingerprint density at radius 1 is 1.37 bits per heavy atom. The highest BCUT2D eigenvalue weighted by molar-refractivity contribution is 6.32. The van der Waals surface area contributed by atoms with Crippen LogP contribution in [-0.4, -0.2) is 23.9 Å². The fourth-order valence-electron chi connectivity index (χ4n) is 2.78. The van der Waals surface area contributed by atoms with Gasteiger partial charge in [0.2, 0.25) is 5.22 Å². The molecule has 2 heterocycles. The molecule has 1 saturated heterocycles. The van der Waals surface area contributed by atoms with Crippen molar-refractivity contribution >= 4 is 17.5 Å². The SMILES string of the molecule is CC(C)(C)C1CCCN(C(=O)c2ccoc2Cl)CC1. The van der Waals surface area contributed by atoms with Gasteiger partial charge in [0.15, 0.2) is 0 Å². The Bertz CT molecular complexity index is 447. The zero-order valence-corrected chi connectivity index (χ0v) is 12.7. The third-order valence-electron chi connectivity index (χ3n) is 4.09. The van der Waals surface area contributed by atoms with Crippen LogP contribution in [0.4, 0.5) is 0 Å². The molecule has 106 valence electrons. The lowest BCUT2D eigenvalue weighted by atomic mass is 9.77. The Balaban J connectivity index is 2.04. The lowest BCUT2D eigenvalue weighted by Gasteiger charge is -2.29. The number of carbonyl (C=O) groups excluding carboxylic acids is 1. The van der Waals surface area contributed by atoms with Crippen LogP contribution in [0.25, 0.3) is 0 Å². The van der Waals surface area contributed by atoms with Gasteiger partial charge < -0.3 is 9.32 Å². The number of likely N-dealkylation sites (tertiary alicyclic amines) is 1. The first-order valence-electron chi connectivity index (χ1n) is 6.92. The summed E-state index contributed by atoms with van der Waals surface area (Å²) in [6.45, 7) is 8.46. The summed E-state index contributed by atoms with van der Waals surface area (Å²) < 4.78 is 5.00. The minimum absolute atomic E-state index is 0.00620. The molecule has 1 aromatic heterocycles. The highest BCUT2D eigenvalue weighted by Gasteiger charge is 2.29. The van der Waals surface area contributed by atoms with Crippen LogP contribution >= 0.6 is 11.6 Å². The molecule has 1 fully saturated rings. The minimum atomic E-state index is -0.00620. The third kappa shape index (κ3) is 3.33. The van der Waals surface area contributed by atoms with Crippen LogP contribution in [0.2, 0.25) is 5.22 Å². The lowest BCUT2D eigenvalue weighted by Crippen LogP contribution is -2.32. The molecule has 3 nitrogen and oxygen atoms in total. The standard InChI is InChI=1S/C15H22ClNO2/c1-15(2,3)11-5-4-8-17(9-6-11)14(18)12-7-10-19-13(12)16/h7,10-11H,4-6,8-9H2,1-3H3. The highest BCUT2D eigenvalue weighted by atomic mass is 35.5. The van der Waals surface area contributed by atoms with Gasteiger partial charge in [0, 0.05) is 13.1 Å². The van der Waals surface area contributed by atoms with Crippen molar-refractivity contribution < 1.29 is 9.21 Å². The van der Waals surface area contributed by atoms with Gasteiger partial charge in [-0.2, -0.15) is 0 Å². The monoisotopic (exact) mass is 283 g/mol. The molecule has 0 aliphatic carbocycles. The van der Waals surface area contributed by atoms with Crippen LogP contribution in [0, 0.1) is 11.3 Å². The van der Waals surface area contributed by atoms with Crippen LogP contribution in [0.1, 0.15) is 50.4 Å². The number of furan rings is 1. The van der Waals surface area contributed by atoms with E-state index in [1.165, 1.54) is 12.7 Å². The van der Waals surface area contributed by atoms with E-state index < -0.39 is 0 Å². The van der Waals surface area contributed by atoms with Crippen molar-refractivity contribution in [3.8, 4) is 0 Å². The van der Waals surface area contributed by atoms with E-state index in [1.807, 2.05) is 4.90 Å². The van der Waals surface area contributed by atoms with Gasteiger partial charge in [-0.3, -0.25) is 4.79 Å². The molecule has 0 saturated carbocycles. The average molecular weight is 284 g/mol. The minimum Gasteiger partial charge on any atom is -0.452 e. The Hall–Kier alpha value is -0.960. The topological polar surface area (TPSA) is 33.5 Å². The molecule has 1 aromatic rings. The predicted octanol–water partition coefficient (Wildman–Crippen LogP) is 4.22. The van der Waals surface area contributed by atoms with Gasteiger partial charge in [-0.15, -0.1) is 0 Å². The summed E-state index contributed by atoms with van der Waals surface area (Å²) in [5.41, 5.74) is 0.794. The summed E-state index contributed by atoms with van der Waals surface area (Å²) in [6.07, 6.45) is 4.77. The summed E-state index contributed by atoms with van der Waals surface area (Å²) in [5, 5.41) is 0.196. The molecule has 2 rings (SSSR count). The van der Waals surface area contributed by atoms with E-state index in [0.29, 0.717) is 16.9 Å². The second kappa shape index (κ2) is 5.58. The van der Waals surface area contributed by atoms with Gasteiger partial charge >= 0.3 is 0 Å². The molecule has 0 radical (unpaired) electrons. The van der Waals surface area contributed by atoms with E-state index in [9.17, 15) is 4.79 Å². The van der Waals surface area contributed by atoms with Crippen LogP contribution in [0.5, 0.6) is 0 Å². The summed E-state index contributed by atoms with van der Waals surface area (Å²) in [7, 11) is 0. The van der Waals surface area contributed by atoms with Crippen LogP contribution in [0.3, 0.4) is 0 Å². The van der Waals surface area contributed by atoms with Gasteiger partial charge in [-0.1, -0.05) is 20.8 Å². The Labute approximate surface area is 119 Å². The predicted molar refractivity (Wildman–Crippen MR) is 76.4 cm³/mol. The molecule has 1 atom stereocenters. The lowest BCUT2D eigenvalue weighted by molar-refractivity contribution is 0.0755. The number of carbonyl (C=O) groups is 1. The molecule has 19 heavy (non-hydrogen) atoms. The van der Waals surface area contributed by atoms with Crippen LogP contribution in [-0.2, 0) is 0 Å². The fourth-order valence-corrected chi connectivity index (χ4v) is 2.98. The molecule has 0 spiro atoms. The smallest absolute Gasteiger partial charge is 0.258 e. The summed E-state index contributed by atoms with van der Waals surface area (Å²) in [6, 6.07) is 1.65. The second-order valence-electron chi connectivity index (χ2n) is 6.39. The number of hydrogen-bond acceptors (Lipinski definition) is 2. The molecule has 1 unspecified atom stereocenters. The highest BCUT2D eigenvalue weighted by Crippen LogP contribution is 2.34. The number of nitrogens with zero attached hydrogens (tertiary/aromatic N) is 1. The molecule has 0 N–H and O–H groups in total. The normalized spacial score (nSPS) is 21.3. The first kappa shape index (κ1) is 14.4. The molecule has 4 heteroatoms. The largest absolute Gasteiger partial charge is 0.452 e. The molecular weight excluding hydrogens is 262 g/mol. The summed E-state index contributed by atoms with van der Waals surface area (Å²) in [4.78, 5) is 14.3. The van der Waals surface area contributed by atoms with Gasteiger partial charge in [0.05, 0.1) is 11.8 Å². The summed E-state index contributed by atoms with van der Waals surface area (Å²) in [5.74, 6) is 0.665. The Morgan fingerprint density at radius 3 is 2.68 bits per heavy atom. The molecular formula is C15H22ClNO2. The first-order valence-corrected chi connectivity index (χ1v) is 7.29. The summed E-state index contributed by atoms with van der Waals surface area (Å²) >= 11 is 5.88. The average Bonchev–Trinajstić information content (AvgIpc) is 2.62. The zero-order valence-electron chi connectivity index (χ0n) is 11.9. The number of halogens is 1. The van der Waals surface area contributed by atoms with E-state index >= 15 is 0 Å². The quantitative estimate of drug-likeness (QED) is 0.773. The molecule has 0 bridgehead atoms. The zero-order chi connectivity index (χ0) is 14.0. The Kier molecular flexibility index (Phi) is 4.24. The van der Waals surface area contributed by atoms with Crippen molar-refractivity contribution in [1.82, 2.24) is 4.90 Å². The van der Waals surface area contributed by atoms with Crippen LogP contribution in [0.15, 0.2) is 16.7 Å². The third-order valence-corrected chi connectivity index (χ3v) is 4.38. The van der Waals surface area contributed by atoms with E-state index in [4.69, 9.17) is 16.0 Å². The van der Waals surface area contributed by atoms with Crippen molar-refractivity contribution in [2.24, 2.45) is 11.3 Å². The molecule has 1 amide bonds. The second-order valence-corrected chi connectivity index (χ2v) is 6.74. The first-order chi connectivity index (χ1) is 8.89. The van der Waals surface area contributed by atoms with Crippen molar-refractivity contribution in [2.45, 2.75) is 40.0 Å². The molecule has 0 aromatic carbocycles. The number of rotatable bonds is 1. The molecule has 1 aliphatic heterocycles. The van der Waals surface area contributed by atoms with Crippen molar-refractivity contribution in [2.75, 3.05) is 13.1 Å². The van der Waals surface area contributed by atoms with E-state index in [-0.39, 0.29) is 11.1 Å². The van der Waals surface area contributed by atoms with Crippen LogP contribution < -0.4 is 0 Å². The van der Waals surface area contributed by atoms with Crippen molar-refractivity contribution in [3.63, 3.8) is 0 Å². The van der Waals surface area contributed by atoms with Crippen molar-refractivity contribution in [1.29, 1.82) is 0 Å². The van der Waals surface area contributed by atoms with Gasteiger partial charge in [-0.25, -0.2) is 0 Å². The van der Waals surface area contributed by atoms with Crippen molar-refractivity contribution in [3.05, 3.63) is 23.1 Å².